The molecule has 0 unspecified atom stereocenters. The molecule has 0 spiro atoms. The number of aryl methyl sites for hydroxylation is 1. The van der Waals surface area contributed by atoms with Crippen molar-refractivity contribution in [2.45, 2.75) is 12.8 Å². The average Bonchev–Trinajstić information content (AvgIpc) is 3.11. The third kappa shape index (κ3) is 4.60. The number of nitrogens with one attached hydrogen (secondary N) is 1. The second-order valence-electron chi connectivity index (χ2n) is 6.00. The van der Waals surface area contributed by atoms with E-state index in [-0.39, 0.29) is 28.6 Å². The Balaban J connectivity index is 1.79. The Morgan fingerprint density at radius 2 is 1.82 bits per heavy atom. The molecule has 0 aliphatic carbocycles. The standard InChI is InChI=1S/C20H16N2O5S/c23-18(10-9-13-5-2-1-3-6-13)21-16-12-17(28-19(16)20(24)25)14-7-4-8-15(11-14)22(26)27/h1-8,11-12H,9-10H2,(H,21,23)(H,24,25). The zero-order valence-corrected chi connectivity index (χ0v) is 15.4. The zero-order valence-electron chi connectivity index (χ0n) is 14.6. The monoisotopic (exact) mass is 396 g/mol. The molecule has 28 heavy (non-hydrogen) atoms. The fourth-order valence-corrected chi connectivity index (χ4v) is 3.62. The number of amides is 1. The number of hydrogen-bond acceptors (Lipinski definition) is 5. The number of anilines is 1. The number of nitro benzene ring substituents is 1. The number of carboxylic acid groups (broad SMARTS) is 1. The van der Waals surface area contributed by atoms with Gasteiger partial charge in [0, 0.05) is 23.4 Å². The van der Waals surface area contributed by atoms with Gasteiger partial charge in [-0.2, -0.15) is 0 Å². The third-order valence-electron chi connectivity index (χ3n) is 4.03. The summed E-state index contributed by atoms with van der Waals surface area (Å²) in [5, 5.41) is 23.0. The number of carboxylic acids is 1. The zero-order chi connectivity index (χ0) is 20.1. The molecule has 1 aromatic heterocycles. The van der Waals surface area contributed by atoms with E-state index in [0.29, 0.717) is 16.9 Å². The molecule has 0 aliphatic heterocycles. The Labute approximate surface area is 164 Å². The van der Waals surface area contributed by atoms with Crippen LogP contribution in [-0.4, -0.2) is 21.9 Å². The van der Waals surface area contributed by atoms with E-state index in [1.807, 2.05) is 30.3 Å². The molecule has 1 heterocycles. The first-order valence-electron chi connectivity index (χ1n) is 8.40. The van der Waals surface area contributed by atoms with Crippen molar-refractivity contribution in [3.63, 3.8) is 0 Å². The molecular weight excluding hydrogens is 380 g/mol. The van der Waals surface area contributed by atoms with Gasteiger partial charge in [0.15, 0.2) is 0 Å². The van der Waals surface area contributed by atoms with Crippen molar-refractivity contribution in [2.24, 2.45) is 0 Å². The van der Waals surface area contributed by atoms with E-state index in [0.717, 1.165) is 16.9 Å². The molecule has 3 rings (SSSR count). The van der Waals surface area contributed by atoms with E-state index in [9.17, 15) is 24.8 Å². The highest BCUT2D eigenvalue weighted by atomic mass is 32.1. The van der Waals surface area contributed by atoms with Crippen molar-refractivity contribution >= 4 is 34.6 Å². The summed E-state index contributed by atoms with van der Waals surface area (Å²) < 4.78 is 0. The van der Waals surface area contributed by atoms with Gasteiger partial charge in [-0.3, -0.25) is 14.9 Å². The van der Waals surface area contributed by atoms with E-state index in [2.05, 4.69) is 5.32 Å². The lowest BCUT2D eigenvalue weighted by molar-refractivity contribution is -0.384. The topological polar surface area (TPSA) is 110 Å². The van der Waals surface area contributed by atoms with Crippen molar-refractivity contribution in [1.29, 1.82) is 0 Å². The first kappa shape index (κ1) is 19.2. The molecule has 0 aliphatic rings. The van der Waals surface area contributed by atoms with Crippen LogP contribution in [0.1, 0.15) is 21.7 Å². The van der Waals surface area contributed by atoms with Gasteiger partial charge in [0.25, 0.3) is 5.69 Å². The predicted molar refractivity (Wildman–Crippen MR) is 107 cm³/mol. The fraction of sp³-hybridized carbons (Fsp3) is 0.100. The summed E-state index contributed by atoms with van der Waals surface area (Å²) in [6.45, 7) is 0. The second-order valence-corrected chi connectivity index (χ2v) is 7.05. The molecule has 0 saturated carbocycles. The third-order valence-corrected chi connectivity index (χ3v) is 5.20. The Kier molecular flexibility index (Phi) is 5.81. The molecular formula is C20H16N2O5S. The van der Waals surface area contributed by atoms with Gasteiger partial charge in [-0.15, -0.1) is 11.3 Å². The van der Waals surface area contributed by atoms with Crippen molar-refractivity contribution in [2.75, 3.05) is 5.32 Å². The summed E-state index contributed by atoms with van der Waals surface area (Å²) in [5.74, 6) is -1.46. The number of carbonyl (C=O) groups excluding carboxylic acids is 1. The minimum atomic E-state index is -1.17. The molecule has 0 fully saturated rings. The summed E-state index contributed by atoms with van der Waals surface area (Å²) in [6, 6.07) is 17.0. The van der Waals surface area contributed by atoms with Gasteiger partial charge in [-0.25, -0.2) is 4.79 Å². The van der Waals surface area contributed by atoms with Crippen LogP contribution in [0.25, 0.3) is 10.4 Å². The van der Waals surface area contributed by atoms with Crippen LogP contribution in [-0.2, 0) is 11.2 Å². The van der Waals surface area contributed by atoms with Gasteiger partial charge in [0.05, 0.1) is 10.6 Å². The van der Waals surface area contributed by atoms with Gasteiger partial charge in [-0.1, -0.05) is 42.5 Å². The molecule has 0 bridgehead atoms. The molecule has 7 nitrogen and oxygen atoms in total. The molecule has 2 N–H and O–H groups in total. The number of nitrogens with zero attached hydrogens (tertiary/aromatic N) is 1. The van der Waals surface area contributed by atoms with Gasteiger partial charge in [0.1, 0.15) is 4.88 Å². The van der Waals surface area contributed by atoms with Gasteiger partial charge < -0.3 is 10.4 Å². The summed E-state index contributed by atoms with van der Waals surface area (Å²) in [7, 11) is 0. The van der Waals surface area contributed by atoms with Gasteiger partial charge >= 0.3 is 5.97 Å². The van der Waals surface area contributed by atoms with Crippen LogP contribution in [0.3, 0.4) is 0 Å². The van der Waals surface area contributed by atoms with Crippen LogP contribution >= 0.6 is 11.3 Å². The van der Waals surface area contributed by atoms with Crippen molar-refractivity contribution in [1.82, 2.24) is 0 Å². The molecule has 2 aromatic carbocycles. The van der Waals surface area contributed by atoms with E-state index in [4.69, 9.17) is 0 Å². The highest BCUT2D eigenvalue weighted by Gasteiger charge is 2.19. The average molecular weight is 396 g/mol. The number of rotatable bonds is 7. The minimum absolute atomic E-state index is 0.0189. The maximum absolute atomic E-state index is 12.3. The van der Waals surface area contributed by atoms with Crippen LogP contribution in [0.4, 0.5) is 11.4 Å². The highest BCUT2D eigenvalue weighted by Crippen LogP contribution is 2.36. The van der Waals surface area contributed by atoms with E-state index in [1.165, 1.54) is 24.3 Å². The van der Waals surface area contributed by atoms with Gasteiger partial charge in [-0.05, 0) is 23.6 Å². The normalized spacial score (nSPS) is 10.4. The smallest absolute Gasteiger partial charge is 0.348 e. The second kappa shape index (κ2) is 8.45. The first-order chi connectivity index (χ1) is 13.4. The summed E-state index contributed by atoms with van der Waals surface area (Å²) in [4.78, 5) is 34.8. The van der Waals surface area contributed by atoms with Crippen molar-refractivity contribution < 1.29 is 19.6 Å². The number of non-ortho nitro benzene ring substituents is 1. The largest absolute Gasteiger partial charge is 0.477 e. The van der Waals surface area contributed by atoms with E-state index in [1.54, 1.807) is 6.07 Å². The van der Waals surface area contributed by atoms with E-state index < -0.39 is 10.9 Å². The quantitative estimate of drug-likeness (QED) is 0.448. The predicted octanol–water partition coefficient (Wildman–Crippen LogP) is 4.59. The number of benzene rings is 2. The summed E-state index contributed by atoms with van der Waals surface area (Å²) in [6.07, 6.45) is 0.752. The van der Waals surface area contributed by atoms with Crippen molar-refractivity contribution in [3.05, 3.63) is 81.2 Å². The first-order valence-corrected chi connectivity index (χ1v) is 9.21. The molecule has 0 radical (unpaired) electrons. The van der Waals surface area contributed by atoms with Crippen LogP contribution in [0.2, 0.25) is 0 Å². The van der Waals surface area contributed by atoms with E-state index >= 15 is 0 Å². The van der Waals surface area contributed by atoms with Crippen LogP contribution in [0.15, 0.2) is 60.7 Å². The fourth-order valence-electron chi connectivity index (χ4n) is 2.67. The summed E-state index contributed by atoms with van der Waals surface area (Å²) in [5.41, 5.74) is 1.64. The number of hydrogen-bond donors (Lipinski definition) is 2. The Morgan fingerprint density at radius 1 is 1.07 bits per heavy atom. The Morgan fingerprint density at radius 3 is 2.50 bits per heavy atom. The Bertz CT molecular complexity index is 1030. The Hall–Kier alpha value is -3.52. The van der Waals surface area contributed by atoms with Crippen molar-refractivity contribution in [3.8, 4) is 10.4 Å². The molecule has 0 saturated heterocycles. The molecule has 3 aromatic rings. The van der Waals surface area contributed by atoms with Gasteiger partial charge in [0.2, 0.25) is 5.91 Å². The number of aromatic carboxylic acids is 1. The highest BCUT2D eigenvalue weighted by molar-refractivity contribution is 7.18. The maximum atomic E-state index is 12.3. The lowest BCUT2D eigenvalue weighted by Crippen LogP contribution is -2.13. The SMILES string of the molecule is O=C(CCc1ccccc1)Nc1cc(-c2cccc([N+](=O)[O-])c2)sc1C(=O)O. The number of thiophene rings is 1. The summed E-state index contributed by atoms with van der Waals surface area (Å²) >= 11 is 0.961. The number of nitro groups is 1. The maximum Gasteiger partial charge on any atom is 0.348 e. The lowest BCUT2D eigenvalue weighted by Gasteiger charge is -2.04. The minimum Gasteiger partial charge on any atom is -0.477 e. The van der Waals surface area contributed by atoms with Crippen LogP contribution in [0, 0.1) is 10.1 Å². The molecule has 8 heteroatoms. The molecule has 0 atom stereocenters. The molecule has 1 amide bonds. The number of carbonyl (C=O) groups is 2. The van der Waals surface area contributed by atoms with Crippen LogP contribution in [0.5, 0.6) is 0 Å². The lowest BCUT2D eigenvalue weighted by atomic mass is 10.1. The molecule has 142 valence electrons. The van der Waals surface area contributed by atoms with Crippen LogP contribution < -0.4 is 5.32 Å².